The SMILES string of the molecule is CCOC(=O)c1nn(C(=O)c2ccccc2)c2ccc(Br)cc12. The van der Waals surface area contributed by atoms with Crippen molar-refractivity contribution in [1.82, 2.24) is 9.78 Å². The van der Waals surface area contributed by atoms with Crippen LogP contribution in [-0.4, -0.2) is 28.3 Å². The van der Waals surface area contributed by atoms with Gasteiger partial charge in [0.05, 0.1) is 12.1 Å². The quantitative estimate of drug-likeness (QED) is 0.658. The Morgan fingerprint density at radius 3 is 2.61 bits per heavy atom. The van der Waals surface area contributed by atoms with Gasteiger partial charge in [0.2, 0.25) is 0 Å². The number of ether oxygens (including phenoxy) is 1. The van der Waals surface area contributed by atoms with Crippen LogP contribution < -0.4 is 0 Å². The number of fused-ring (bicyclic) bond motifs is 1. The van der Waals surface area contributed by atoms with E-state index in [0.717, 1.165) is 4.47 Å². The number of benzene rings is 2. The van der Waals surface area contributed by atoms with E-state index >= 15 is 0 Å². The number of hydrogen-bond donors (Lipinski definition) is 0. The van der Waals surface area contributed by atoms with Crippen molar-refractivity contribution in [2.24, 2.45) is 0 Å². The highest BCUT2D eigenvalue weighted by molar-refractivity contribution is 9.10. The van der Waals surface area contributed by atoms with Crippen LogP contribution in [0.15, 0.2) is 53.0 Å². The van der Waals surface area contributed by atoms with E-state index in [4.69, 9.17) is 4.74 Å². The number of aromatic nitrogens is 2. The zero-order valence-corrected chi connectivity index (χ0v) is 13.9. The Balaban J connectivity index is 2.18. The predicted molar refractivity (Wildman–Crippen MR) is 89.6 cm³/mol. The standard InChI is InChI=1S/C17H13BrN2O3/c1-2-23-17(22)15-13-10-12(18)8-9-14(13)20(19-15)16(21)11-6-4-3-5-7-11/h3-10H,2H2,1H3. The van der Waals surface area contributed by atoms with E-state index in [9.17, 15) is 9.59 Å². The average molecular weight is 373 g/mol. The van der Waals surface area contributed by atoms with Crippen molar-refractivity contribution >= 4 is 38.7 Å². The molecule has 0 aliphatic heterocycles. The van der Waals surface area contributed by atoms with Gasteiger partial charge in [-0.3, -0.25) is 4.79 Å². The van der Waals surface area contributed by atoms with E-state index in [2.05, 4.69) is 21.0 Å². The molecule has 2 aromatic carbocycles. The highest BCUT2D eigenvalue weighted by atomic mass is 79.9. The van der Waals surface area contributed by atoms with E-state index in [-0.39, 0.29) is 18.2 Å². The first-order valence-electron chi connectivity index (χ1n) is 7.07. The minimum absolute atomic E-state index is 0.132. The van der Waals surface area contributed by atoms with Gasteiger partial charge < -0.3 is 4.74 Å². The molecule has 5 nitrogen and oxygen atoms in total. The molecule has 1 heterocycles. The maximum absolute atomic E-state index is 12.7. The van der Waals surface area contributed by atoms with Crippen LogP contribution in [0.2, 0.25) is 0 Å². The van der Waals surface area contributed by atoms with Gasteiger partial charge in [0, 0.05) is 15.4 Å². The minimum Gasteiger partial charge on any atom is -0.461 e. The monoisotopic (exact) mass is 372 g/mol. The maximum atomic E-state index is 12.7. The lowest BCUT2D eigenvalue weighted by Gasteiger charge is -2.02. The maximum Gasteiger partial charge on any atom is 0.359 e. The van der Waals surface area contributed by atoms with Crippen LogP contribution in [-0.2, 0) is 4.74 Å². The lowest BCUT2D eigenvalue weighted by atomic mass is 10.2. The van der Waals surface area contributed by atoms with Crippen molar-refractivity contribution in [3.63, 3.8) is 0 Å². The number of hydrogen-bond acceptors (Lipinski definition) is 4. The van der Waals surface area contributed by atoms with Crippen LogP contribution in [0.4, 0.5) is 0 Å². The Bertz CT molecular complexity index is 887. The molecule has 6 heteroatoms. The van der Waals surface area contributed by atoms with Crippen molar-refractivity contribution in [2.75, 3.05) is 6.61 Å². The van der Waals surface area contributed by atoms with Crippen molar-refractivity contribution < 1.29 is 14.3 Å². The van der Waals surface area contributed by atoms with Gasteiger partial charge in [-0.15, -0.1) is 0 Å². The van der Waals surface area contributed by atoms with Crippen LogP contribution in [0.5, 0.6) is 0 Å². The molecule has 0 radical (unpaired) electrons. The second-order valence-corrected chi connectivity index (χ2v) is 5.73. The molecule has 0 bridgehead atoms. The Labute approximate surface area is 141 Å². The molecule has 0 saturated carbocycles. The fourth-order valence-corrected chi connectivity index (χ4v) is 2.66. The molecule has 23 heavy (non-hydrogen) atoms. The molecular weight excluding hydrogens is 360 g/mol. The van der Waals surface area contributed by atoms with Gasteiger partial charge in [-0.2, -0.15) is 9.78 Å². The summed E-state index contributed by atoms with van der Waals surface area (Å²) in [4.78, 5) is 24.8. The highest BCUT2D eigenvalue weighted by Crippen LogP contribution is 2.24. The summed E-state index contributed by atoms with van der Waals surface area (Å²) in [5, 5.41) is 4.77. The summed E-state index contributed by atoms with van der Waals surface area (Å²) >= 11 is 3.37. The number of halogens is 1. The molecule has 0 atom stereocenters. The average Bonchev–Trinajstić information content (AvgIpc) is 2.94. The third-order valence-corrected chi connectivity index (χ3v) is 3.82. The molecule has 0 unspecified atom stereocenters. The molecule has 3 rings (SSSR count). The van der Waals surface area contributed by atoms with Gasteiger partial charge in [0.25, 0.3) is 5.91 Å². The highest BCUT2D eigenvalue weighted by Gasteiger charge is 2.22. The molecule has 0 N–H and O–H groups in total. The number of rotatable bonds is 3. The zero-order chi connectivity index (χ0) is 16.4. The molecule has 116 valence electrons. The first-order chi connectivity index (χ1) is 11.1. The van der Waals surface area contributed by atoms with Gasteiger partial charge in [-0.1, -0.05) is 34.1 Å². The van der Waals surface area contributed by atoms with Crippen LogP contribution >= 0.6 is 15.9 Å². The second kappa shape index (κ2) is 6.34. The summed E-state index contributed by atoms with van der Waals surface area (Å²) in [6, 6.07) is 14.1. The Hall–Kier alpha value is -2.47. The van der Waals surface area contributed by atoms with Gasteiger partial charge in [-0.25, -0.2) is 4.79 Å². The summed E-state index contributed by atoms with van der Waals surface area (Å²) in [5.74, 6) is -0.844. The number of esters is 1. The zero-order valence-electron chi connectivity index (χ0n) is 12.3. The molecule has 0 aliphatic rings. The first kappa shape index (κ1) is 15.4. The van der Waals surface area contributed by atoms with E-state index < -0.39 is 5.97 Å². The van der Waals surface area contributed by atoms with Crippen LogP contribution in [0.3, 0.4) is 0 Å². The van der Waals surface area contributed by atoms with Crippen molar-refractivity contribution in [3.05, 3.63) is 64.3 Å². The fourth-order valence-electron chi connectivity index (χ4n) is 2.30. The molecule has 0 spiro atoms. The lowest BCUT2D eigenvalue weighted by Crippen LogP contribution is -2.15. The van der Waals surface area contributed by atoms with Gasteiger partial charge >= 0.3 is 5.97 Å². The number of carbonyl (C=O) groups is 2. The van der Waals surface area contributed by atoms with E-state index in [0.29, 0.717) is 16.5 Å². The Morgan fingerprint density at radius 1 is 1.17 bits per heavy atom. The van der Waals surface area contributed by atoms with Gasteiger partial charge in [0.1, 0.15) is 0 Å². The lowest BCUT2D eigenvalue weighted by molar-refractivity contribution is 0.0521. The Morgan fingerprint density at radius 2 is 1.91 bits per heavy atom. The normalized spacial score (nSPS) is 10.7. The van der Waals surface area contributed by atoms with Crippen LogP contribution in [0, 0.1) is 0 Å². The third kappa shape index (κ3) is 2.90. The van der Waals surface area contributed by atoms with Crippen LogP contribution in [0.25, 0.3) is 10.9 Å². The minimum atomic E-state index is -0.546. The van der Waals surface area contributed by atoms with E-state index in [1.807, 2.05) is 6.07 Å². The third-order valence-electron chi connectivity index (χ3n) is 3.32. The molecule has 0 fully saturated rings. The molecule has 0 amide bonds. The van der Waals surface area contributed by atoms with E-state index in [1.165, 1.54) is 4.68 Å². The molecule has 1 aromatic heterocycles. The summed E-state index contributed by atoms with van der Waals surface area (Å²) in [7, 11) is 0. The van der Waals surface area contributed by atoms with E-state index in [1.54, 1.807) is 49.4 Å². The van der Waals surface area contributed by atoms with Crippen molar-refractivity contribution in [2.45, 2.75) is 6.92 Å². The summed E-state index contributed by atoms with van der Waals surface area (Å²) in [6.07, 6.45) is 0. The first-order valence-corrected chi connectivity index (χ1v) is 7.86. The topological polar surface area (TPSA) is 61.2 Å². The second-order valence-electron chi connectivity index (χ2n) is 4.81. The summed E-state index contributed by atoms with van der Waals surface area (Å²) < 4.78 is 7.07. The number of carbonyl (C=O) groups excluding carboxylic acids is 2. The largest absolute Gasteiger partial charge is 0.461 e. The molecule has 0 aliphatic carbocycles. The molecular formula is C17H13BrN2O3. The predicted octanol–water partition coefficient (Wildman–Crippen LogP) is 3.66. The van der Waals surface area contributed by atoms with Gasteiger partial charge in [-0.05, 0) is 37.3 Å². The van der Waals surface area contributed by atoms with Crippen LogP contribution in [0.1, 0.15) is 27.8 Å². The van der Waals surface area contributed by atoms with Gasteiger partial charge in [0.15, 0.2) is 5.69 Å². The van der Waals surface area contributed by atoms with Crippen molar-refractivity contribution in [1.29, 1.82) is 0 Å². The Kier molecular flexibility index (Phi) is 4.25. The number of nitrogens with zero attached hydrogens (tertiary/aromatic N) is 2. The van der Waals surface area contributed by atoms with Crippen molar-refractivity contribution in [3.8, 4) is 0 Å². The molecule has 3 aromatic rings. The smallest absolute Gasteiger partial charge is 0.359 e. The fraction of sp³-hybridized carbons (Fsp3) is 0.118. The summed E-state index contributed by atoms with van der Waals surface area (Å²) in [5.41, 5.74) is 1.19. The summed E-state index contributed by atoms with van der Waals surface area (Å²) in [6.45, 7) is 1.97. The molecule has 0 saturated heterocycles.